The van der Waals surface area contributed by atoms with Gasteiger partial charge in [0.05, 0.1) is 11.1 Å². The van der Waals surface area contributed by atoms with Gasteiger partial charge in [-0.25, -0.2) is 8.42 Å². The van der Waals surface area contributed by atoms with Gasteiger partial charge >= 0.3 is 0 Å². The molecule has 10 heteroatoms. The number of nitrogens with zero attached hydrogens (tertiary/aromatic N) is 1. The van der Waals surface area contributed by atoms with Crippen LogP contribution in [0.1, 0.15) is 26.4 Å². The molecule has 0 aliphatic rings. The van der Waals surface area contributed by atoms with Gasteiger partial charge in [-0.2, -0.15) is 5.10 Å². The molecule has 3 aromatic carbocycles. The van der Waals surface area contributed by atoms with Gasteiger partial charge in [-0.1, -0.05) is 60.7 Å². The summed E-state index contributed by atoms with van der Waals surface area (Å²) in [4.78, 5) is 24.7. The van der Waals surface area contributed by atoms with E-state index in [0.717, 1.165) is 16.5 Å². The number of rotatable bonds is 7. The van der Waals surface area contributed by atoms with Crippen molar-refractivity contribution in [2.75, 3.05) is 4.72 Å². The van der Waals surface area contributed by atoms with Crippen LogP contribution in [0.4, 0.5) is 5.69 Å². The van der Waals surface area contributed by atoms with E-state index in [1.54, 1.807) is 18.2 Å². The van der Waals surface area contributed by atoms with Crippen LogP contribution >= 0.6 is 0 Å². The fraction of sp³-hybridized carbons (Fsp3) is 0. The third kappa shape index (κ3) is 6.42. The average Bonchev–Trinajstić information content (AvgIpc) is 3.38. The molecule has 0 unspecified atom stereocenters. The number of hydrogen-bond donors (Lipinski definition) is 4. The number of H-pyrrole nitrogens is 1. The quantitative estimate of drug-likeness (QED) is 0.296. The van der Waals surface area contributed by atoms with Crippen molar-refractivity contribution in [2.45, 2.75) is 0 Å². The van der Waals surface area contributed by atoms with Gasteiger partial charge in [-0.05, 0) is 42.0 Å². The van der Waals surface area contributed by atoms with Gasteiger partial charge < -0.3 is 0 Å². The second kappa shape index (κ2) is 10.5. The lowest BCUT2D eigenvalue weighted by Crippen LogP contribution is -2.41. The SMILES string of the molecule is O=C(NNC(=O)c1cc(-c2ccccc2)n[nH]1)c1ccc(NS(=O)(=O)/C=C/c2ccccc2)cc1. The molecule has 1 heterocycles. The lowest BCUT2D eigenvalue weighted by atomic mass is 10.1. The molecule has 9 nitrogen and oxygen atoms in total. The van der Waals surface area contributed by atoms with Crippen LogP contribution in [0.15, 0.2) is 96.4 Å². The van der Waals surface area contributed by atoms with E-state index < -0.39 is 21.8 Å². The van der Waals surface area contributed by atoms with Crippen LogP contribution in [0, 0.1) is 0 Å². The van der Waals surface area contributed by atoms with E-state index >= 15 is 0 Å². The van der Waals surface area contributed by atoms with Gasteiger partial charge in [0, 0.05) is 16.8 Å². The molecule has 0 aliphatic heterocycles. The summed E-state index contributed by atoms with van der Waals surface area (Å²) in [6.07, 6.45) is 1.48. The Balaban J connectivity index is 1.31. The highest BCUT2D eigenvalue weighted by Gasteiger charge is 2.13. The zero-order chi connectivity index (χ0) is 24.7. The molecule has 4 N–H and O–H groups in total. The summed E-state index contributed by atoms with van der Waals surface area (Å²) in [7, 11) is -3.73. The molecule has 0 fully saturated rings. The number of aromatic nitrogens is 2. The monoisotopic (exact) mass is 487 g/mol. The van der Waals surface area contributed by atoms with E-state index in [1.165, 1.54) is 30.3 Å². The fourth-order valence-electron chi connectivity index (χ4n) is 3.07. The Bertz CT molecular complexity index is 1450. The number of anilines is 1. The highest BCUT2D eigenvalue weighted by atomic mass is 32.2. The molecule has 2 amide bonds. The number of carbonyl (C=O) groups excluding carboxylic acids is 2. The number of sulfonamides is 1. The van der Waals surface area contributed by atoms with E-state index in [-0.39, 0.29) is 16.9 Å². The largest absolute Gasteiger partial charge is 0.287 e. The zero-order valence-corrected chi connectivity index (χ0v) is 19.1. The predicted molar refractivity (Wildman–Crippen MR) is 133 cm³/mol. The Morgan fingerprint density at radius 1 is 0.800 bits per heavy atom. The molecule has 0 radical (unpaired) electrons. The first-order valence-electron chi connectivity index (χ1n) is 10.5. The number of aromatic amines is 1. The summed E-state index contributed by atoms with van der Waals surface area (Å²) in [6, 6.07) is 25.7. The lowest BCUT2D eigenvalue weighted by molar-refractivity contribution is 0.0844. The molecule has 0 saturated heterocycles. The molecule has 4 rings (SSSR count). The van der Waals surface area contributed by atoms with Crippen LogP contribution < -0.4 is 15.6 Å². The molecule has 176 valence electrons. The maximum Gasteiger partial charge on any atom is 0.287 e. The minimum Gasteiger partial charge on any atom is -0.280 e. The summed E-state index contributed by atoms with van der Waals surface area (Å²) < 4.78 is 26.9. The normalized spacial score (nSPS) is 11.2. The van der Waals surface area contributed by atoms with Gasteiger partial charge in [-0.15, -0.1) is 0 Å². The zero-order valence-electron chi connectivity index (χ0n) is 18.3. The van der Waals surface area contributed by atoms with E-state index in [9.17, 15) is 18.0 Å². The summed E-state index contributed by atoms with van der Waals surface area (Å²) >= 11 is 0. The number of hydrazine groups is 1. The van der Waals surface area contributed by atoms with Crippen molar-refractivity contribution in [3.63, 3.8) is 0 Å². The van der Waals surface area contributed by atoms with Crippen LogP contribution in [0.3, 0.4) is 0 Å². The Morgan fingerprint density at radius 2 is 1.43 bits per heavy atom. The van der Waals surface area contributed by atoms with E-state index in [0.29, 0.717) is 5.69 Å². The third-order valence-electron chi connectivity index (χ3n) is 4.83. The molecule has 4 aromatic rings. The van der Waals surface area contributed by atoms with Gasteiger partial charge in [0.1, 0.15) is 5.69 Å². The minimum atomic E-state index is -3.73. The van der Waals surface area contributed by atoms with E-state index in [2.05, 4.69) is 25.8 Å². The third-order valence-corrected chi connectivity index (χ3v) is 5.84. The molecule has 35 heavy (non-hydrogen) atoms. The topological polar surface area (TPSA) is 133 Å². The summed E-state index contributed by atoms with van der Waals surface area (Å²) in [5.74, 6) is -1.14. The second-order valence-corrected chi connectivity index (χ2v) is 8.95. The number of carbonyl (C=O) groups is 2. The van der Waals surface area contributed by atoms with Gasteiger partial charge in [0.15, 0.2) is 0 Å². The van der Waals surface area contributed by atoms with Gasteiger partial charge in [0.2, 0.25) is 0 Å². The van der Waals surface area contributed by atoms with E-state index in [4.69, 9.17) is 0 Å². The van der Waals surface area contributed by atoms with Crippen molar-refractivity contribution >= 4 is 33.6 Å². The van der Waals surface area contributed by atoms with Crippen molar-refractivity contribution in [3.05, 3.63) is 113 Å². The van der Waals surface area contributed by atoms with Crippen molar-refractivity contribution in [1.29, 1.82) is 0 Å². The standard InChI is InChI=1S/C25H21N5O4S/c31-24(28-29-25(32)23-17-22(26-27-23)19-9-5-2-6-10-19)20-11-13-21(14-12-20)30-35(33,34)16-15-18-7-3-1-4-8-18/h1-17,30H,(H,26,27)(H,28,31)(H,29,32)/b16-15+. The maximum atomic E-state index is 12.4. The average molecular weight is 488 g/mol. The Labute approximate surface area is 201 Å². The van der Waals surface area contributed by atoms with Crippen molar-refractivity contribution in [2.24, 2.45) is 0 Å². The van der Waals surface area contributed by atoms with Crippen molar-refractivity contribution in [1.82, 2.24) is 21.0 Å². The maximum absolute atomic E-state index is 12.4. The molecular formula is C25H21N5O4S. The number of benzene rings is 3. The van der Waals surface area contributed by atoms with Crippen LogP contribution in [0.25, 0.3) is 17.3 Å². The first-order chi connectivity index (χ1) is 16.9. The summed E-state index contributed by atoms with van der Waals surface area (Å²) in [5.41, 5.74) is 7.51. The summed E-state index contributed by atoms with van der Waals surface area (Å²) in [5, 5.41) is 7.80. The molecule has 0 aliphatic carbocycles. The Morgan fingerprint density at radius 3 is 2.11 bits per heavy atom. The van der Waals surface area contributed by atoms with Crippen LogP contribution in [-0.4, -0.2) is 30.4 Å². The van der Waals surface area contributed by atoms with Crippen molar-refractivity contribution < 1.29 is 18.0 Å². The number of hydrogen-bond acceptors (Lipinski definition) is 5. The molecule has 0 saturated carbocycles. The summed E-state index contributed by atoms with van der Waals surface area (Å²) in [6.45, 7) is 0. The van der Waals surface area contributed by atoms with Crippen LogP contribution in [0.2, 0.25) is 0 Å². The van der Waals surface area contributed by atoms with Crippen LogP contribution in [0.5, 0.6) is 0 Å². The highest BCUT2D eigenvalue weighted by molar-refractivity contribution is 7.95. The highest BCUT2D eigenvalue weighted by Crippen LogP contribution is 2.17. The molecule has 0 bridgehead atoms. The first kappa shape index (κ1) is 23.5. The first-order valence-corrected chi connectivity index (χ1v) is 12.0. The van der Waals surface area contributed by atoms with Gasteiger partial charge in [0.25, 0.3) is 21.8 Å². The Kier molecular flexibility index (Phi) is 7.03. The smallest absolute Gasteiger partial charge is 0.280 e. The van der Waals surface area contributed by atoms with Gasteiger partial charge in [-0.3, -0.25) is 30.3 Å². The lowest BCUT2D eigenvalue weighted by Gasteiger charge is -2.08. The fourth-order valence-corrected chi connectivity index (χ4v) is 3.94. The molecule has 1 aromatic heterocycles. The van der Waals surface area contributed by atoms with Crippen LogP contribution in [-0.2, 0) is 10.0 Å². The number of amides is 2. The molecular weight excluding hydrogens is 466 g/mol. The number of nitrogens with one attached hydrogen (secondary N) is 4. The second-order valence-electron chi connectivity index (χ2n) is 7.38. The molecule has 0 spiro atoms. The predicted octanol–water partition coefficient (Wildman–Crippen LogP) is 3.56. The van der Waals surface area contributed by atoms with E-state index in [1.807, 2.05) is 48.5 Å². The molecule has 0 atom stereocenters. The minimum absolute atomic E-state index is 0.178. The van der Waals surface area contributed by atoms with Crippen molar-refractivity contribution in [3.8, 4) is 11.3 Å². The Hall–Kier alpha value is -4.70.